The summed E-state index contributed by atoms with van der Waals surface area (Å²) in [7, 11) is 0. The van der Waals surface area contributed by atoms with Crippen LogP contribution in [0.4, 0.5) is 30.7 Å². The summed E-state index contributed by atoms with van der Waals surface area (Å²) in [5, 5.41) is 17.3. The van der Waals surface area contributed by atoms with Crippen LogP contribution in [0.25, 0.3) is 0 Å². The maximum atomic E-state index is 14.1. The fourth-order valence-corrected chi connectivity index (χ4v) is 2.20. The van der Waals surface area contributed by atoms with Crippen LogP contribution in [0, 0.1) is 59.5 Å². The van der Waals surface area contributed by atoms with Gasteiger partial charge >= 0.3 is 11.9 Å². The van der Waals surface area contributed by atoms with E-state index in [2.05, 4.69) is 0 Å². The zero-order valence-corrected chi connectivity index (χ0v) is 13.4. The van der Waals surface area contributed by atoms with Crippen molar-refractivity contribution in [3.8, 4) is 11.8 Å². The van der Waals surface area contributed by atoms with Crippen molar-refractivity contribution in [3.05, 3.63) is 68.5 Å². The summed E-state index contributed by atoms with van der Waals surface area (Å²) in [4.78, 5) is 21.5. The van der Waals surface area contributed by atoms with Crippen LogP contribution in [0.2, 0.25) is 0 Å². The Balaban J connectivity index is 2.79. The molecular formula is C17H5F7O4. The molecule has 0 unspecified atom stereocenters. The highest BCUT2D eigenvalue weighted by Gasteiger charge is 2.29. The number of benzene rings is 2. The molecule has 0 spiro atoms. The maximum absolute atomic E-state index is 14.1. The highest BCUT2D eigenvalue weighted by molar-refractivity contribution is 5.90. The first-order valence-corrected chi connectivity index (χ1v) is 6.93. The van der Waals surface area contributed by atoms with Gasteiger partial charge in [0.1, 0.15) is 22.5 Å². The summed E-state index contributed by atoms with van der Waals surface area (Å²) < 4.78 is 96.6. The average molecular weight is 406 g/mol. The van der Waals surface area contributed by atoms with Crippen LogP contribution in [0.5, 0.6) is 0 Å². The standard InChI is InChI=1S/C17H5F7O4/c1-4-7(16(25)26)13(22)10(19)5(9(4)18)2-3-6-11(20)14(23)8(17(27)28)15(24)12(6)21/h1H3,(H,25,26)(H,27,28). The lowest BCUT2D eigenvalue weighted by atomic mass is 10.0. The lowest BCUT2D eigenvalue weighted by molar-refractivity contribution is 0.0674. The van der Waals surface area contributed by atoms with E-state index in [4.69, 9.17) is 10.2 Å². The van der Waals surface area contributed by atoms with E-state index in [9.17, 15) is 40.3 Å². The van der Waals surface area contributed by atoms with E-state index in [1.54, 1.807) is 0 Å². The third-order valence-electron chi connectivity index (χ3n) is 3.56. The van der Waals surface area contributed by atoms with Gasteiger partial charge in [0.05, 0.1) is 5.56 Å². The van der Waals surface area contributed by atoms with Crippen LogP contribution in [0.15, 0.2) is 0 Å². The first-order valence-electron chi connectivity index (χ1n) is 6.93. The molecule has 0 heterocycles. The van der Waals surface area contributed by atoms with Gasteiger partial charge in [-0.05, 0) is 6.92 Å². The molecule has 28 heavy (non-hydrogen) atoms. The van der Waals surface area contributed by atoms with Crippen molar-refractivity contribution >= 4 is 11.9 Å². The van der Waals surface area contributed by atoms with E-state index >= 15 is 0 Å². The van der Waals surface area contributed by atoms with Crippen molar-refractivity contribution in [2.45, 2.75) is 6.92 Å². The Morgan fingerprint density at radius 3 is 1.29 bits per heavy atom. The van der Waals surface area contributed by atoms with Crippen LogP contribution in [-0.2, 0) is 0 Å². The summed E-state index contributed by atoms with van der Waals surface area (Å²) in [6.45, 7) is 0.759. The number of halogens is 7. The third-order valence-corrected chi connectivity index (χ3v) is 3.56. The number of carboxylic acids is 2. The number of aromatic carboxylic acids is 2. The quantitative estimate of drug-likeness (QED) is 0.453. The molecule has 0 atom stereocenters. The van der Waals surface area contributed by atoms with Crippen molar-refractivity contribution in [1.82, 2.24) is 0 Å². The second-order valence-corrected chi connectivity index (χ2v) is 5.18. The molecule has 0 bridgehead atoms. The van der Waals surface area contributed by atoms with Gasteiger partial charge in [0.15, 0.2) is 34.9 Å². The van der Waals surface area contributed by atoms with Gasteiger partial charge in [0, 0.05) is 5.56 Å². The van der Waals surface area contributed by atoms with Crippen molar-refractivity contribution in [2.24, 2.45) is 0 Å². The second kappa shape index (κ2) is 7.22. The lowest BCUT2D eigenvalue weighted by Crippen LogP contribution is -2.12. The second-order valence-electron chi connectivity index (χ2n) is 5.18. The maximum Gasteiger partial charge on any atom is 0.341 e. The minimum absolute atomic E-state index is 0.759. The van der Waals surface area contributed by atoms with E-state index in [1.165, 1.54) is 11.8 Å². The SMILES string of the molecule is Cc1c(F)c(C#Cc2c(F)c(F)c(C(=O)O)c(F)c2F)c(F)c(F)c1C(=O)O. The molecule has 2 aromatic rings. The average Bonchev–Trinajstić information content (AvgIpc) is 2.60. The van der Waals surface area contributed by atoms with Crippen LogP contribution >= 0.6 is 0 Å². The van der Waals surface area contributed by atoms with Gasteiger partial charge in [-0.3, -0.25) is 0 Å². The van der Waals surface area contributed by atoms with Gasteiger partial charge in [0.2, 0.25) is 0 Å². The predicted octanol–water partition coefficient (Wildman–Crippen LogP) is 3.76. The van der Waals surface area contributed by atoms with Crippen LogP contribution in [-0.4, -0.2) is 22.2 Å². The van der Waals surface area contributed by atoms with Crippen molar-refractivity contribution < 1.29 is 50.5 Å². The first-order chi connectivity index (χ1) is 12.9. The normalized spacial score (nSPS) is 10.4. The smallest absolute Gasteiger partial charge is 0.341 e. The number of carbonyl (C=O) groups is 2. The van der Waals surface area contributed by atoms with Crippen molar-refractivity contribution in [3.63, 3.8) is 0 Å². The Hall–Kier alpha value is -3.55. The minimum Gasteiger partial charge on any atom is -0.478 e. The molecule has 2 rings (SSSR count). The monoisotopic (exact) mass is 406 g/mol. The highest BCUT2D eigenvalue weighted by atomic mass is 19.2. The van der Waals surface area contributed by atoms with E-state index < -0.39 is 80.5 Å². The minimum atomic E-state index is -2.33. The Labute approximate surface area is 150 Å². The Morgan fingerprint density at radius 2 is 0.929 bits per heavy atom. The Bertz CT molecular complexity index is 970. The number of rotatable bonds is 2. The topological polar surface area (TPSA) is 74.6 Å². The summed E-state index contributed by atoms with van der Waals surface area (Å²) in [5.74, 6) is -16.5. The summed E-state index contributed by atoms with van der Waals surface area (Å²) in [6, 6.07) is 0. The zero-order chi connectivity index (χ0) is 21.5. The van der Waals surface area contributed by atoms with Crippen LogP contribution in [0.1, 0.15) is 37.4 Å². The van der Waals surface area contributed by atoms with Crippen LogP contribution in [0.3, 0.4) is 0 Å². The molecule has 2 N–H and O–H groups in total. The number of carboxylic acid groups (broad SMARTS) is 2. The van der Waals surface area contributed by atoms with Crippen molar-refractivity contribution in [1.29, 1.82) is 0 Å². The van der Waals surface area contributed by atoms with Gasteiger partial charge in [-0.25, -0.2) is 40.3 Å². The van der Waals surface area contributed by atoms with Gasteiger partial charge in [-0.2, -0.15) is 0 Å². The number of hydrogen-bond acceptors (Lipinski definition) is 2. The van der Waals surface area contributed by atoms with Gasteiger partial charge in [0.25, 0.3) is 0 Å². The molecule has 0 aliphatic carbocycles. The zero-order valence-electron chi connectivity index (χ0n) is 13.4. The summed E-state index contributed by atoms with van der Waals surface area (Å²) in [6.07, 6.45) is 0. The van der Waals surface area contributed by atoms with Gasteiger partial charge < -0.3 is 10.2 Å². The molecule has 0 fully saturated rings. The molecule has 4 nitrogen and oxygen atoms in total. The molecule has 0 saturated heterocycles. The Morgan fingerprint density at radius 1 is 0.607 bits per heavy atom. The molecule has 0 aliphatic rings. The first kappa shape index (κ1) is 20.8. The van der Waals surface area contributed by atoms with Gasteiger partial charge in [-0.15, -0.1) is 0 Å². The van der Waals surface area contributed by atoms with E-state index in [1.807, 2.05) is 0 Å². The molecule has 11 heteroatoms. The molecule has 0 amide bonds. The largest absolute Gasteiger partial charge is 0.478 e. The fourth-order valence-electron chi connectivity index (χ4n) is 2.20. The fraction of sp³-hybridized carbons (Fsp3) is 0.0588. The molecule has 0 aromatic heterocycles. The van der Waals surface area contributed by atoms with Gasteiger partial charge in [-0.1, -0.05) is 11.8 Å². The summed E-state index contributed by atoms with van der Waals surface area (Å²) in [5.41, 5.74) is -7.36. The van der Waals surface area contributed by atoms with Crippen LogP contribution < -0.4 is 0 Å². The summed E-state index contributed by atoms with van der Waals surface area (Å²) >= 11 is 0. The molecule has 146 valence electrons. The predicted molar refractivity (Wildman–Crippen MR) is 77.2 cm³/mol. The molecule has 2 aromatic carbocycles. The Kier molecular flexibility index (Phi) is 5.36. The molecule has 0 aliphatic heterocycles. The van der Waals surface area contributed by atoms with E-state index in [0.29, 0.717) is 0 Å². The highest BCUT2D eigenvalue weighted by Crippen LogP contribution is 2.26. The van der Waals surface area contributed by atoms with Crippen molar-refractivity contribution in [2.75, 3.05) is 0 Å². The molecule has 0 radical (unpaired) electrons. The number of hydrogen-bond donors (Lipinski definition) is 2. The lowest BCUT2D eigenvalue weighted by Gasteiger charge is -2.08. The molecular weight excluding hydrogens is 401 g/mol. The van der Waals surface area contributed by atoms with E-state index in [-0.39, 0.29) is 0 Å². The van der Waals surface area contributed by atoms with E-state index in [0.717, 1.165) is 6.92 Å². The third kappa shape index (κ3) is 3.13. The molecule has 0 saturated carbocycles.